The summed E-state index contributed by atoms with van der Waals surface area (Å²) in [5, 5.41) is 13.7. The zero-order valence-corrected chi connectivity index (χ0v) is 13.7. The Hall–Kier alpha value is -3.23. The van der Waals surface area contributed by atoms with E-state index < -0.39 is 4.92 Å². The lowest BCUT2D eigenvalue weighted by atomic mass is 10.2. The van der Waals surface area contributed by atoms with Gasteiger partial charge in [0.05, 0.1) is 4.92 Å². The van der Waals surface area contributed by atoms with Crippen LogP contribution in [0.4, 0.5) is 23.1 Å². The molecule has 0 bridgehead atoms. The van der Waals surface area contributed by atoms with Crippen molar-refractivity contribution in [1.82, 2.24) is 14.9 Å². The van der Waals surface area contributed by atoms with E-state index in [0.717, 1.165) is 30.3 Å². The molecule has 1 aliphatic carbocycles. The number of nitrogen functional groups attached to an aromatic ring is 1. The number of nitrogens with zero attached hydrogens (tertiary/aromatic N) is 4. The van der Waals surface area contributed by atoms with Crippen LogP contribution in [0.25, 0.3) is 0 Å². The molecule has 9 nitrogen and oxygen atoms in total. The van der Waals surface area contributed by atoms with Gasteiger partial charge in [-0.05, 0) is 30.5 Å². The van der Waals surface area contributed by atoms with Crippen molar-refractivity contribution in [1.29, 1.82) is 0 Å². The van der Waals surface area contributed by atoms with Crippen LogP contribution in [-0.2, 0) is 11.3 Å². The summed E-state index contributed by atoms with van der Waals surface area (Å²) in [5.74, 6) is 0.0688. The monoisotopic (exact) mass is 342 g/mol. The summed E-state index contributed by atoms with van der Waals surface area (Å²) in [4.78, 5) is 31.4. The predicted molar refractivity (Wildman–Crippen MR) is 92.1 cm³/mol. The second-order valence-electron chi connectivity index (χ2n) is 5.92. The summed E-state index contributed by atoms with van der Waals surface area (Å²) in [5.41, 5.74) is 6.96. The van der Waals surface area contributed by atoms with Crippen molar-refractivity contribution in [2.45, 2.75) is 32.4 Å². The molecule has 0 unspecified atom stereocenters. The number of anilines is 3. The van der Waals surface area contributed by atoms with Crippen LogP contribution in [0.5, 0.6) is 0 Å². The average Bonchev–Trinajstić information content (AvgIpc) is 3.38. The first-order chi connectivity index (χ1) is 11.9. The van der Waals surface area contributed by atoms with Gasteiger partial charge in [-0.1, -0.05) is 12.1 Å². The molecule has 0 atom stereocenters. The number of nitrogens with one attached hydrogen (secondary N) is 1. The Balaban J connectivity index is 1.67. The number of carbonyl (C=O) groups is 1. The van der Waals surface area contributed by atoms with E-state index in [-0.39, 0.29) is 23.4 Å². The Morgan fingerprint density at radius 1 is 1.40 bits per heavy atom. The molecule has 25 heavy (non-hydrogen) atoms. The fraction of sp³-hybridized carbons (Fsp3) is 0.312. The van der Waals surface area contributed by atoms with Crippen molar-refractivity contribution >= 4 is 29.0 Å². The normalized spacial score (nSPS) is 13.3. The van der Waals surface area contributed by atoms with Gasteiger partial charge in [-0.25, -0.2) is 4.98 Å². The lowest BCUT2D eigenvalue weighted by Gasteiger charge is -2.20. The Kier molecular flexibility index (Phi) is 4.46. The molecule has 130 valence electrons. The van der Waals surface area contributed by atoms with E-state index in [9.17, 15) is 14.9 Å². The standard InChI is InChI=1S/C16H18N6O3/c1-10(23)21(13-6-7-13)9-11-2-4-12(5-3-11)19-16-18-8-14(22(24)25)15(17)20-16/h2-5,8,13H,6-7,9H2,1H3,(H3,17,18,19,20). The summed E-state index contributed by atoms with van der Waals surface area (Å²) in [6.45, 7) is 2.17. The van der Waals surface area contributed by atoms with E-state index in [1.165, 1.54) is 0 Å². The zero-order chi connectivity index (χ0) is 18.0. The largest absolute Gasteiger partial charge is 0.378 e. The quantitative estimate of drug-likeness (QED) is 0.608. The minimum absolute atomic E-state index is 0.0828. The number of nitro groups is 1. The lowest BCUT2D eigenvalue weighted by Crippen LogP contribution is -2.30. The molecule has 1 aliphatic rings. The fourth-order valence-electron chi connectivity index (χ4n) is 2.49. The molecule has 1 amide bonds. The van der Waals surface area contributed by atoms with Gasteiger partial charge in [0, 0.05) is 25.2 Å². The van der Waals surface area contributed by atoms with Crippen molar-refractivity contribution in [3.05, 3.63) is 46.1 Å². The number of hydrogen-bond donors (Lipinski definition) is 2. The van der Waals surface area contributed by atoms with Crippen LogP contribution in [0.3, 0.4) is 0 Å². The summed E-state index contributed by atoms with van der Waals surface area (Å²) in [7, 11) is 0. The summed E-state index contributed by atoms with van der Waals surface area (Å²) >= 11 is 0. The molecule has 0 spiro atoms. The maximum absolute atomic E-state index is 11.7. The van der Waals surface area contributed by atoms with Gasteiger partial charge in [0.1, 0.15) is 6.20 Å². The van der Waals surface area contributed by atoms with Gasteiger partial charge in [0.2, 0.25) is 17.7 Å². The first-order valence-corrected chi connectivity index (χ1v) is 7.84. The molecule has 3 rings (SSSR count). The van der Waals surface area contributed by atoms with Crippen LogP contribution < -0.4 is 11.1 Å². The van der Waals surface area contributed by atoms with Crippen molar-refractivity contribution in [2.75, 3.05) is 11.1 Å². The van der Waals surface area contributed by atoms with E-state index in [4.69, 9.17) is 5.73 Å². The SMILES string of the molecule is CC(=O)N(Cc1ccc(Nc2ncc([N+](=O)[O-])c(N)n2)cc1)C1CC1. The molecular weight excluding hydrogens is 324 g/mol. The Morgan fingerprint density at radius 2 is 2.08 bits per heavy atom. The lowest BCUT2D eigenvalue weighted by molar-refractivity contribution is -0.384. The van der Waals surface area contributed by atoms with Gasteiger partial charge in [-0.2, -0.15) is 4.98 Å². The highest BCUT2D eigenvalue weighted by Crippen LogP contribution is 2.28. The second-order valence-corrected chi connectivity index (χ2v) is 5.92. The van der Waals surface area contributed by atoms with Gasteiger partial charge in [0.15, 0.2) is 0 Å². The number of rotatable bonds is 6. The van der Waals surface area contributed by atoms with Crippen LogP contribution in [0, 0.1) is 10.1 Å². The van der Waals surface area contributed by atoms with Crippen molar-refractivity contribution in [3.8, 4) is 0 Å². The molecule has 0 radical (unpaired) electrons. The van der Waals surface area contributed by atoms with Gasteiger partial charge in [-0.3, -0.25) is 14.9 Å². The fourth-order valence-corrected chi connectivity index (χ4v) is 2.49. The van der Waals surface area contributed by atoms with E-state index in [0.29, 0.717) is 12.6 Å². The number of benzene rings is 1. The molecular formula is C16H18N6O3. The number of amides is 1. The maximum Gasteiger partial charge on any atom is 0.329 e. The van der Waals surface area contributed by atoms with Gasteiger partial charge >= 0.3 is 5.69 Å². The van der Waals surface area contributed by atoms with Crippen LogP contribution >= 0.6 is 0 Å². The smallest absolute Gasteiger partial charge is 0.329 e. The van der Waals surface area contributed by atoms with E-state index >= 15 is 0 Å². The summed E-state index contributed by atoms with van der Waals surface area (Å²) in [6, 6.07) is 7.86. The first-order valence-electron chi connectivity index (χ1n) is 7.84. The van der Waals surface area contributed by atoms with Crippen LogP contribution in [0.2, 0.25) is 0 Å². The maximum atomic E-state index is 11.7. The molecule has 1 saturated carbocycles. The van der Waals surface area contributed by atoms with E-state index in [1.807, 2.05) is 29.2 Å². The van der Waals surface area contributed by atoms with Gasteiger partial charge < -0.3 is 16.0 Å². The highest BCUT2D eigenvalue weighted by atomic mass is 16.6. The van der Waals surface area contributed by atoms with Crippen molar-refractivity contribution in [3.63, 3.8) is 0 Å². The van der Waals surface area contributed by atoms with Crippen LogP contribution in [0.15, 0.2) is 30.5 Å². The predicted octanol–water partition coefficient (Wildman–Crippen LogP) is 2.22. The summed E-state index contributed by atoms with van der Waals surface area (Å²) < 4.78 is 0. The Morgan fingerprint density at radius 3 is 2.60 bits per heavy atom. The molecule has 0 saturated heterocycles. The molecule has 9 heteroatoms. The third-order valence-electron chi connectivity index (χ3n) is 3.95. The van der Waals surface area contributed by atoms with Crippen molar-refractivity contribution in [2.24, 2.45) is 0 Å². The number of aromatic nitrogens is 2. The molecule has 1 fully saturated rings. The minimum Gasteiger partial charge on any atom is -0.378 e. The highest BCUT2D eigenvalue weighted by molar-refractivity contribution is 5.74. The molecule has 2 aromatic rings. The first kappa shape index (κ1) is 16.6. The van der Waals surface area contributed by atoms with E-state index in [2.05, 4.69) is 15.3 Å². The third kappa shape index (κ3) is 4.00. The van der Waals surface area contributed by atoms with E-state index in [1.54, 1.807) is 6.92 Å². The van der Waals surface area contributed by atoms with Crippen molar-refractivity contribution < 1.29 is 9.72 Å². The second kappa shape index (κ2) is 6.71. The third-order valence-corrected chi connectivity index (χ3v) is 3.95. The topological polar surface area (TPSA) is 127 Å². The molecule has 1 aromatic heterocycles. The highest BCUT2D eigenvalue weighted by Gasteiger charge is 2.30. The Labute approximate surface area is 144 Å². The number of carbonyl (C=O) groups excluding carboxylic acids is 1. The average molecular weight is 342 g/mol. The summed E-state index contributed by atoms with van der Waals surface area (Å²) in [6.07, 6.45) is 3.20. The number of hydrogen-bond acceptors (Lipinski definition) is 7. The molecule has 0 aliphatic heterocycles. The number of nitrogens with two attached hydrogens (primary N) is 1. The molecule has 1 heterocycles. The minimum atomic E-state index is -0.630. The van der Waals surface area contributed by atoms with Gasteiger partial charge in [0.25, 0.3) is 0 Å². The molecule has 3 N–H and O–H groups in total. The van der Waals surface area contributed by atoms with Crippen LogP contribution in [-0.4, -0.2) is 31.7 Å². The zero-order valence-electron chi connectivity index (χ0n) is 13.7. The molecule has 1 aromatic carbocycles. The van der Waals surface area contributed by atoms with Crippen LogP contribution in [0.1, 0.15) is 25.3 Å². The Bertz CT molecular complexity index is 804. The van der Waals surface area contributed by atoms with Gasteiger partial charge in [-0.15, -0.1) is 0 Å².